The van der Waals surface area contributed by atoms with Crippen LogP contribution < -0.4 is 11.3 Å². The zero-order chi connectivity index (χ0) is 13.8. The Morgan fingerprint density at radius 3 is 2.89 bits per heavy atom. The summed E-state index contributed by atoms with van der Waals surface area (Å²) in [4.78, 5) is 0. The van der Waals surface area contributed by atoms with Crippen molar-refractivity contribution in [1.29, 1.82) is 0 Å². The predicted octanol–water partition coefficient (Wildman–Crippen LogP) is 1.90. The van der Waals surface area contributed by atoms with Crippen LogP contribution in [0.15, 0.2) is 12.4 Å². The second-order valence-electron chi connectivity index (χ2n) is 5.10. The molecule has 4 atom stereocenters. The van der Waals surface area contributed by atoms with Gasteiger partial charge in [0.25, 0.3) is 0 Å². The van der Waals surface area contributed by atoms with E-state index in [1.807, 2.05) is 10.9 Å². The van der Waals surface area contributed by atoms with E-state index in [1.165, 1.54) is 11.3 Å². The molecule has 2 rings (SSSR count). The third-order valence-electron chi connectivity index (χ3n) is 3.70. The first-order valence-electron chi connectivity index (χ1n) is 6.88. The van der Waals surface area contributed by atoms with Gasteiger partial charge in [-0.05, 0) is 18.9 Å². The van der Waals surface area contributed by atoms with Gasteiger partial charge in [0.2, 0.25) is 0 Å². The van der Waals surface area contributed by atoms with Gasteiger partial charge in [0.15, 0.2) is 0 Å². The molecule has 0 bridgehead atoms. The Morgan fingerprint density at radius 1 is 1.53 bits per heavy atom. The highest BCUT2D eigenvalue weighted by Crippen LogP contribution is 2.37. The van der Waals surface area contributed by atoms with E-state index in [9.17, 15) is 0 Å². The van der Waals surface area contributed by atoms with Crippen molar-refractivity contribution in [2.75, 3.05) is 5.75 Å². The summed E-state index contributed by atoms with van der Waals surface area (Å²) in [6.07, 6.45) is 5.04. The summed E-state index contributed by atoms with van der Waals surface area (Å²) in [5.74, 6) is 6.94. The zero-order valence-corrected chi connectivity index (χ0v) is 13.5. The van der Waals surface area contributed by atoms with Gasteiger partial charge >= 0.3 is 0 Å². The average molecular weight is 300 g/mol. The van der Waals surface area contributed by atoms with Crippen molar-refractivity contribution in [3.8, 4) is 0 Å². The molecule has 0 aromatic carbocycles. The Kier molecular flexibility index (Phi) is 5.62. The van der Waals surface area contributed by atoms with Gasteiger partial charge in [0.05, 0.1) is 6.20 Å². The van der Waals surface area contributed by atoms with E-state index in [-0.39, 0.29) is 0 Å². The Bertz CT molecular complexity index is 396. The van der Waals surface area contributed by atoms with Crippen LogP contribution in [0.3, 0.4) is 0 Å². The summed E-state index contributed by atoms with van der Waals surface area (Å²) in [7, 11) is 0. The molecular formula is C13H24N4S2. The lowest BCUT2D eigenvalue weighted by Gasteiger charge is -2.35. The minimum atomic E-state index is 0.321. The predicted molar refractivity (Wildman–Crippen MR) is 85.5 cm³/mol. The lowest BCUT2D eigenvalue weighted by molar-refractivity contribution is 0.520. The van der Waals surface area contributed by atoms with Gasteiger partial charge in [-0.2, -0.15) is 28.6 Å². The van der Waals surface area contributed by atoms with E-state index in [0.29, 0.717) is 16.5 Å². The molecule has 1 fully saturated rings. The minimum Gasteiger partial charge on any atom is -0.273 e. The van der Waals surface area contributed by atoms with Crippen molar-refractivity contribution in [2.24, 2.45) is 5.84 Å². The summed E-state index contributed by atoms with van der Waals surface area (Å²) in [5, 5.41) is 6.34. The van der Waals surface area contributed by atoms with Gasteiger partial charge in [-0.15, -0.1) is 0 Å². The van der Waals surface area contributed by atoms with Crippen molar-refractivity contribution in [1.82, 2.24) is 15.2 Å². The van der Waals surface area contributed by atoms with Crippen LogP contribution in [-0.2, 0) is 13.0 Å². The van der Waals surface area contributed by atoms with Crippen molar-refractivity contribution in [3.05, 3.63) is 18.0 Å². The molecule has 0 saturated carbocycles. The zero-order valence-electron chi connectivity index (χ0n) is 11.9. The number of nitrogens with one attached hydrogen (secondary N) is 1. The Morgan fingerprint density at radius 2 is 2.32 bits per heavy atom. The average Bonchev–Trinajstić information content (AvgIpc) is 2.87. The molecule has 1 aliphatic heterocycles. The summed E-state index contributed by atoms with van der Waals surface area (Å²) in [5.41, 5.74) is 4.28. The Labute approximate surface area is 124 Å². The van der Waals surface area contributed by atoms with Crippen molar-refractivity contribution in [2.45, 2.75) is 55.5 Å². The standard InChI is InChI=1S/C13H24N4S2/c1-4-17-7-11(6-15-17)5-12(16-14)13-8-18-9(2)10(3)19-13/h6-7,9-10,12-13,16H,4-5,8,14H2,1-3H3. The second kappa shape index (κ2) is 7.02. The molecule has 3 N–H and O–H groups in total. The van der Waals surface area contributed by atoms with Gasteiger partial charge in [0.1, 0.15) is 0 Å². The monoisotopic (exact) mass is 300 g/mol. The maximum atomic E-state index is 5.77. The van der Waals surface area contributed by atoms with E-state index in [1.54, 1.807) is 0 Å². The molecule has 2 heterocycles. The topological polar surface area (TPSA) is 55.9 Å². The van der Waals surface area contributed by atoms with Gasteiger partial charge in [0, 0.05) is 40.3 Å². The molecule has 0 aliphatic carbocycles. The number of thioether (sulfide) groups is 2. The van der Waals surface area contributed by atoms with Crippen LogP contribution in [0.1, 0.15) is 26.3 Å². The molecule has 1 aromatic heterocycles. The summed E-state index contributed by atoms with van der Waals surface area (Å²) >= 11 is 4.13. The number of aromatic nitrogens is 2. The number of rotatable bonds is 5. The highest BCUT2D eigenvalue weighted by atomic mass is 32.2. The normalized spacial score (nSPS) is 29.4. The van der Waals surface area contributed by atoms with Crippen LogP contribution in [0.25, 0.3) is 0 Å². The van der Waals surface area contributed by atoms with Crippen molar-refractivity contribution >= 4 is 23.5 Å². The minimum absolute atomic E-state index is 0.321. The molecule has 0 amide bonds. The van der Waals surface area contributed by atoms with E-state index in [4.69, 9.17) is 5.84 Å². The second-order valence-corrected chi connectivity index (χ2v) is 8.13. The van der Waals surface area contributed by atoms with Crippen LogP contribution >= 0.6 is 23.5 Å². The highest BCUT2D eigenvalue weighted by molar-refractivity contribution is 8.07. The van der Waals surface area contributed by atoms with Crippen LogP contribution in [0.5, 0.6) is 0 Å². The molecule has 0 radical (unpaired) electrons. The summed E-state index contributed by atoms with van der Waals surface area (Å²) in [6, 6.07) is 0.321. The molecule has 4 nitrogen and oxygen atoms in total. The molecule has 1 aromatic rings. The molecule has 6 heteroatoms. The number of hydrogen-bond donors (Lipinski definition) is 2. The maximum Gasteiger partial charge on any atom is 0.0522 e. The van der Waals surface area contributed by atoms with Crippen LogP contribution in [0.2, 0.25) is 0 Å². The smallest absolute Gasteiger partial charge is 0.0522 e. The molecular weight excluding hydrogens is 276 g/mol. The van der Waals surface area contributed by atoms with Gasteiger partial charge in [-0.3, -0.25) is 16.0 Å². The highest BCUT2D eigenvalue weighted by Gasteiger charge is 2.31. The maximum absolute atomic E-state index is 5.77. The first kappa shape index (κ1) is 15.2. The summed E-state index contributed by atoms with van der Waals surface area (Å²) in [6.45, 7) is 7.65. The van der Waals surface area contributed by atoms with E-state index in [2.05, 4.69) is 61.0 Å². The van der Waals surface area contributed by atoms with Crippen LogP contribution in [0, 0.1) is 0 Å². The van der Waals surface area contributed by atoms with Gasteiger partial charge < -0.3 is 0 Å². The number of nitrogens with zero attached hydrogens (tertiary/aromatic N) is 2. The molecule has 0 spiro atoms. The first-order chi connectivity index (χ1) is 9.13. The van der Waals surface area contributed by atoms with E-state index < -0.39 is 0 Å². The number of hydrazine groups is 1. The van der Waals surface area contributed by atoms with E-state index >= 15 is 0 Å². The SMILES string of the molecule is CCn1cc(CC(NN)C2CSC(C)C(C)S2)cn1. The van der Waals surface area contributed by atoms with Gasteiger partial charge in [-0.1, -0.05) is 13.8 Å². The fraction of sp³-hybridized carbons (Fsp3) is 0.769. The van der Waals surface area contributed by atoms with E-state index in [0.717, 1.165) is 18.2 Å². The lowest BCUT2D eigenvalue weighted by Crippen LogP contribution is -2.47. The molecule has 1 aliphatic rings. The molecule has 108 valence electrons. The van der Waals surface area contributed by atoms with Crippen molar-refractivity contribution in [3.63, 3.8) is 0 Å². The lowest BCUT2D eigenvalue weighted by atomic mass is 10.1. The first-order valence-corrected chi connectivity index (χ1v) is 8.87. The fourth-order valence-corrected chi connectivity index (χ4v) is 5.37. The third-order valence-corrected chi connectivity index (χ3v) is 7.25. The largest absolute Gasteiger partial charge is 0.273 e. The summed E-state index contributed by atoms with van der Waals surface area (Å²) < 4.78 is 1.97. The van der Waals surface area contributed by atoms with Crippen molar-refractivity contribution < 1.29 is 0 Å². The Balaban J connectivity index is 1.96. The molecule has 1 saturated heterocycles. The Hall–Kier alpha value is -0.170. The third kappa shape index (κ3) is 3.90. The number of hydrogen-bond acceptors (Lipinski definition) is 5. The quantitative estimate of drug-likeness (QED) is 0.642. The van der Waals surface area contributed by atoms with Crippen LogP contribution in [-0.4, -0.2) is 37.3 Å². The molecule has 19 heavy (non-hydrogen) atoms. The fourth-order valence-electron chi connectivity index (χ4n) is 2.26. The number of nitrogens with two attached hydrogens (primary N) is 1. The van der Waals surface area contributed by atoms with Crippen LogP contribution in [0.4, 0.5) is 0 Å². The van der Waals surface area contributed by atoms with Gasteiger partial charge in [-0.25, -0.2) is 0 Å². The number of aryl methyl sites for hydroxylation is 1. The molecule has 4 unspecified atom stereocenters.